The van der Waals surface area contributed by atoms with E-state index in [4.69, 9.17) is 0 Å². The standard InChI is InChI=1S/C13H26N2O2S/c1-11-6-5-7-12(15-11)10-14-18(16,17)13-8-3-2-4-9-13/h11-15H,2-10H2,1H3. The van der Waals surface area contributed by atoms with Crippen molar-refractivity contribution in [2.75, 3.05) is 6.54 Å². The van der Waals surface area contributed by atoms with Gasteiger partial charge in [-0.1, -0.05) is 25.7 Å². The third kappa shape index (κ3) is 3.93. The molecule has 0 aromatic heterocycles. The van der Waals surface area contributed by atoms with Crippen LogP contribution in [0.3, 0.4) is 0 Å². The van der Waals surface area contributed by atoms with Crippen LogP contribution < -0.4 is 10.0 Å². The van der Waals surface area contributed by atoms with Crippen molar-refractivity contribution in [3.05, 3.63) is 0 Å². The average molecular weight is 274 g/mol. The zero-order valence-electron chi connectivity index (χ0n) is 11.3. The summed E-state index contributed by atoms with van der Waals surface area (Å²) in [6.07, 6.45) is 8.46. The molecule has 2 unspecified atom stereocenters. The first-order valence-electron chi connectivity index (χ1n) is 7.32. The molecule has 0 aromatic rings. The Hall–Kier alpha value is -0.130. The van der Waals surface area contributed by atoms with Gasteiger partial charge < -0.3 is 5.32 Å². The van der Waals surface area contributed by atoms with Gasteiger partial charge in [-0.15, -0.1) is 0 Å². The van der Waals surface area contributed by atoms with Crippen LogP contribution in [0.5, 0.6) is 0 Å². The van der Waals surface area contributed by atoms with Gasteiger partial charge in [-0.25, -0.2) is 13.1 Å². The van der Waals surface area contributed by atoms with Gasteiger partial charge in [0.15, 0.2) is 0 Å². The SMILES string of the molecule is CC1CCCC(CNS(=O)(=O)C2CCCCC2)N1. The number of hydrogen-bond donors (Lipinski definition) is 2. The first-order valence-corrected chi connectivity index (χ1v) is 8.87. The van der Waals surface area contributed by atoms with E-state index < -0.39 is 10.0 Å². The molecule has 2 N–H and O–H groups in total. The topological polar surface area (TPSA) is 58.2 Å². The molecule has 2 aliphatic rings. The van der Waals surface area contributed by atoms with Crippen molar-refractivity contribution in [3.63, 3.8) is 0 Å². The van der Waals surface area contributed by atoms with Gasteiger partial charge in [-0.3, -0.25) is 0 Å². The van der Waals surface area contributed by atoms with Gasteiger partial charge in [0.05, 0.1) is 5.25 Å². The molecule has 0 radical (unpaired) electrons. The Kier molecular flexibility index (Phi) is 5.04. The summed E-state index contributed by atoms with van der Waals surface area (Å²) < 4.78 is 27.2. The number of sulfonamides is 1. The molecule has 106 valence electrons. The van der Waals surface area contributed by atoms with Gasteiger partial charge in [0.25, 0.3) is 0 Å². The molecule has 1 heterocycles. The van der Waals surface area contributed by atoms with E-state index in [0.29, 0.717) is 18.6 Å². The van der Waals surface area contributed by atoms with E-state index in [1.54, 1.807) is 0 Å². The Bertz CT molecular complexity index is 350. The predicted molar refractivity (Wildman–Crippen MR) is 74.0 cm³/mol. The molecule has 1 saturated carbocycles. The minimum Gasteiger partial charge on any atom is -0.310 e. The Morgan fingerprint density at radius 2 is 1.78 bits per heavy atom. The van der Waals surface area contributed by atoms with Crippen LogP contribution in [0.1, 0.15) is 58.3 Å². The summed E-state index contributed by atoms with van der Waals surface area (Å²) in [5.74, 6) is 0. The molecule has 0 amide bonds. The molecule has 4 nitrogen and oxygen atoms in total. The quantitative estimate of drug-likeness (QED) is 0.821. The van der Waals surface area contributed by atoms with Crippen molar-refractivity contribution in [3.8, 4) is 0 Å². The van der Waals surface area contributed by atoms with E-state index in [1.165, 1.54) is 19.3 Å². The Labute approximate surface area is 111 Å². The first kappa shape index (κ1) is 14.3. The van der Waals surface area contributed by atoms with E-state index in [1.807, 2.05) is 0 Å². The van der Waals surface area contributed by atoms with Crippen molar-refractivity contribution >= 4 is 10.0 Å². The maximum atomic E-state index is 12.2. The fourth-order valence-corrected chi connectivity index (χ4v) is 4.73. The molecule has 1 aliphatic heterocycles. The summed E-state index contributed by atoms with van der Waals surface area (Å²) in [5.41, 5.74) is 0. The van der Waals surface area contributed by atoms with Crippen LogP contribution >= 0.6 is 0 Å². The summed E-state index contributed by atoms with van der Waals surface area (Å²) >= 11 is 0. The monoisotopic (exact) mass is 274 g/mol. The summed E-state index contributed by atoms with van der Waals surface area (Å²) in [7, 11) is -3.09. The molecule has 5 heteroatoms. The van der Waals surface area contributed by atoms with Crippen LogP contribution in [0.2, 0.25) is 0 Å². The number of piperidine rings is 1. The highest BCUT2D eigenvalue weighted by molar-refractivity contribution is 7.90. The second-order valence-electron chi connectivity index (χ2n) is 5.85. The minimum atomic E-state index is -3.09. The molecule has 2 atom stereocenters. The lowest BCUT2D eigenvalue weighted by atomic mass is 10.00. The summed E-state index contributed by atoms with van der Waals surface area (Å²) in [6, 6.07) is 0.829. The zero-order chi connectivity index (χ0) is 13.0. The zero-order valence-corrected chi connectivity index (χ0v) is 12.1. The molecule has 18 heavy (non-hydrogen) atoms. The molecule has 0 spiro atoms. The molecule has 0 bridgehead atoms. The van der Waals surface area contributed by atoms with Crippen molar-refractivity contribution in [1.82, 2.24) is 10.0 Å². The van der Waals surface area contributed by atoms with Crippen LogP contribution in [0.15, 0.2) is 0 Å². The lowest BCUT2D eigenvalue weighted by Gasteiger charge is -2.30. The number of nitrogens with one attached hydrogen (secondary N) is 2. The van der Waals surface area contributed by atoms with E-state index in [0.717, 1.165) is 32.1 Å². The second-order valence-corrected chi connectivity index (χ2v) is 7.89. The van der Waals surface area contributed by atoms with Crippen LogP contribution in [-0.2, 0) is 10.0 Å². The van der Waals surface area contributed by atoms with Crippen molar-refractivity contribution in [2.24, 2.45) is 0 Å². The first-order chi connectivity index (χ1) is 8.58. The lowest BCUT2D eigenvalue weighted by molar-refractivity contribution is 0.333. The van der Waals surface area contributed by atoms with Gasteiger partial charge in [0, 0.05) is 18.6 Å². The fraction of sp³-hybridized carbons (Fsp3) is 1.00. The van der Waals surface area contributed by atoms with E-state index in [-0.39, 0.29) is 5.25 Å². The number of rotatable bonds is 4. The van der Waals surface area contributed by atoms with Gasteiger partial charge in [0.2, 0.25) is 10.0 Å². The minimum absolute atomic E-state index is 0.146. The van der Waals surface area contributed by atoms with E-state index >= 15 is 0 Å². The average Bonchev–Trinajstić information content (AvgIpc) is 2.38. The molecule has 1 aliphatic carbocycles. The Morgan fingerprint density at radius 3 is 2.44 bits per heavy atom. The van der Waals surface area contributed by atoms with Crippen molar-refractivity contribution < 1.29 is 8.42 Å². The lowest BCUT2D eigenvalue weighted by Crippen LogP contribution is -2.48. The van der Waals surface area contributed by atoms with Crippen LogP contribution in [-0.4, -0.2) is 32.3 Å². The summed E-state index contributed by atoms with van der Waals surface area (Å²) in [6.45, 7) is 2.73. The highest BCUT2D eigenvalue weighted by Crippen LogP contribution is 2.23. The maximum absolute atomic E-state index is 12.2. The van der Waals surface area contributed by atoms with Gasteiger partial charge in [-0.2, -0.15) is 0 Å². The normalized spacial score (nSPS) is 31.4. The van der Waals surface area contributed by atoms with Crippen molar-refractivity contribution in [1.29, 1.82) is 0 Å². The fourth-order valence-electron chi connectivity index (χ4n) is 3.11. The van der Waals surface area contributed by atoms with E-state index in [9.17, 15) is 8.42 Å². The summed E-state index contributed by atoms with van der Waals surface area (Å²) in [5, 5.41) is 3.32. The van der Waals surface area contributed by atoms with Crippen LogP contribution in [0.25, 0.3) is 0 Å². The molecule has 2 fully saturated rings. The molecular formula is C13H26N2O2S. The summed E-state index contributed by atoms with van der Waals surface area (Å²) in [4.78, 5) is 0. The van der Waals surface area contributed by atoms with E-state index in [2.05, 4.69) is 17.0 Å². The highest BCUT2D eigenvalue weighted by atomic mass is 32.2. The number of hydrogen-bond acceptors (Lipinski definition) is 3. The van der Waals surface area contributed by atoms with Gasteiger partial charge >= 0.3 is 0 Å². The predicted octanol–water partition coefficient (Wildman–Crippen LogP) is 1.77. The molecule has 0 aromatic carbocycles. The van der Waals surface area contributed by atoms with Crippen LogP contribution in [0, 0.1) is 0 Å². The molecular weight excluding hydrogens is 248 g/mol. The largest absolute Gasteiger partial charge is 0.310 e. The van der Waals surface area contributed by atoms with Gasteiger partial charge in [-0.05, 0) is 32.6 Å². The van der Waals surface area contributed by atoms with Gasteiger partial charge in [0.1, 0.15) is 0 Å². The smallest absolute Gasteiger partial charge is 0.214 e. The second kappa shape index (κ2) is 6.35. The molecule has 2 rings (SSSR count). The molecule has 1 saturated heterocycles. The Morgan fingerprint density at radius 1 is 1.06 bits per heavy atom. The Balaban J connectivity index is 1.80. The maximum Gasteiger partial charge on any atom is 0.214 e. The van der Waals surface area contributed by atoms with Crippen LogP contribution in [0.4, 0.5) is 0 Å². The third-order valence-corrected chi connectivity index (χ3v) is 6.15. The van der Waals surface area contributed by atoms with Crippen molar-refractivity contribution in [2.45, 2.75) is 75.6 Å². The third-order valence-electron chi connectivity index (χ3n) is 4.23. The highest BCUT2D eigenvalue weighted by Gasteiger charge is 2.28.